The van der Waals surface area contributed by atoms with Crippen molar-refractivity contribution in [2.75, 3.05) is 26.9 Å². The lowest BCUT2D eigenvalue weighted by Crippen LogP contribution is -2.49. The number of fused-ring (bicyclic) bond motifs is 2. The summed E-state index contributed by atoms with van der Waals surface area (Å²) in [6.45, 7) is 0.604. The van der Waals surface area contributed by atoms with E-state index in [1.807, 2.05) is 0 Å². The predicted molar refractivity (Wildman–Crippen MR) is 73.4 cm³/mol. The average molecular weight is 311 g/mol. The molecule has 0 aromatic heterocycles. The minimum absolute atomic E-state index is 0.0637. The van der Waals surface area contributed by atoms with Crippen LogP contribution in [0, 0.1) is 23.7 Å². The number of rotatable bonds is 3. The fourth-order valence-electron chi connectivity index (χ4n) is 4.21. The zero-order valence-electron chi connectivity index (χ0n) is 12.6. The van der Waals surface area contributed by atoms with Crippen LogP contribution in [0.25, 0.3) is 0 Å². The molecule has 2 aliphatic heterocycles. The first-order chi connectivity index (χ1) is 10.6. The van der Waals surface area contributed by atoms with Crippen LogP contribution in [0.5, 0.6) is 0 Å². The fourth-order valence-corrected chi connectivity index (χ4v) is 4.21. The van der Waals surface area contributed by atoms with Crippen molar-refractivity contribution in [3.63, 3.8) is 0 Å². The summed E-state index contributed by atoms with van der Waals surface area (Å²) < 4.78 is 9.89. The molecular formula is C15H21NO6. The van der Waals surface area contributed by atoms with E-state index in [0.717, 1.165) is 6.42 Å². The number of cyclic esters (lactones) is 1. The Morgan fingerprint density at radius 2 is 2.23 bits per heavy atom. The van der Waals surface area contributed by atoms with Crippen LogP contribution >= 0.6 is 0 Å². The van der Waals surface area contributed by atoms with Gasteiger partial charge in [-0.2, -0.15) is 0 Å². The van der Waals surface area contributed by atoms with Gasteiger partial charge in [-0.1, -0.05) is 0 Å². The van der Waals surface area contributed by atoms with Gasteiger partial charge in [0, 0.05) is 19.1 Å². The van der Waals surface area contributed by atoms with Crippen molar-refractivity contribution in [3.8, 4) is 0 Å². The number of amides is 1. The topological polar surface area (TPSA) is 93.1 Å². The Morgan fingerprint density at radius 3 is 2.91 bits per heavy atom. The van der Waals surface area contributed by atoms with Crippen molar-refractivity contribution < 1.29 is 29.0 Å². The summed E-state index contributed by atoms with van der Waals surface area (Å²) in [5.41, 5.74) is 0. The van der Waals surface area contributed by atoms with E-state index in [1.165, 1.54) is 7.11 Å². The first-order valence-electron chi connectivity index (χ1n) is 7.74. The third kappa shape index (κ3) is 2.27. The second kappa shape index (κ2) is 5.87. The molecule has 1 saturated carbocycles. The van der Waals surface area contributed by atoms with E-state index >= 15 is 0 Å². The SMILES string of the molecule is COC(=O)[C@@H]1CCCN1C(=O)[C@@H]1[C@@H]2COC(=O)[C@H]1[C@@H](CO)C2. The predicted octanol–water partition coefficient (Wildman–Crippen LogP) is -0.432. The molecule has 5 atom stereocenters. The largest absolute Gasteiger partial charge is 0.467 e. The van der Waals surface area contributed by atoms with Gasteiger partial charge in [-0.15, -0.1) is 0 Å². The lowest BCUT2D eigenvalue weighted by Gasteiger charge is -2.33. The van der Waals surface area contributed by atoms with E-state index < -0.39 is 29.8 Å². The Bertz CT molecular complexity index is 492. The van der Waals surface area contributed by atoms with E-state index in [2.05, 4.69) is 0 Å². The highest BCUT2D eigenvalue weighted by molar-refractivity contribution is 5.91. The van der Waals surface area contributed by atoms with Gasteiger partial charge in [0.2, 0.25) is 5.91 Å². The molecule has 1 aliphatic carbocycles. The van der Waals surface area contributed by atoms with E-state index in [0.29, 0.717) is 19.4 Å². The molecule has 2 heterocycles. The van der Waals surface area contributed by atoms with Crippen LogP contribution in [0.4, 0.5) is 0 Å². The monoisotopic (exact) mass is 311 g/mol. The number of hydrogen-bond acceptors (Lipinski definition) is 6. The Kier molecular flexibility index (Phi) is 4.08. The number of carbonyl (C=O) groups excluding carboxylic acids is 3. The summed E-state index contributed by atoms with van der Waals surface area (Å²) in [5, 5.41) is 9.47. The van der Waals surface area contributed by atoms with Crippen LogP contribution < -0.4 is 0 Å². The molecule has 0 radical (unpaired) electrons. The van der Waals surface area contributed by atoms with Gasteiger partial charge in [0.1, 0.15) is 6.04 Å². The number of aliphatic hydroxyl groups is 1. The van der Waals surface area contributed by atoms with Crippen LogP contribution in [-0.4, -0.2) is 60.8 Å². The molecule has 122 valence electrons. The maximum Gasteiger partial charge on any atom is 0.328 e. The second-order valence-corrected chi connectivity index (χ2v) is 6.33. The summed E-state index contributed by atoms with van der Waals surface area (Å²) in [5.74, 6) is -2.34. The smallest absolute Gasteiger partial charge is 0.328 e. The highest BCUT2D eigenvalue weighted by Gasteiger charge is 2.56. The molecule has 0 aromatic carbocycles. The third-order valence-electron chi connectivity index (χ3n) is 5.25. The molecule has 22 heavy (non-hydrogen) atoms. The summed E-state index contributed by atoms with van der Waals surface area (Å²) >= 11 is 0. The molecule has 1 amide bonds. The average Bonchev–Trinajstić information content (AvgIpc) is 3.12. The van der Waals surface area contributed by atoms with Gasteiger partial charge in [0.15, 0.2) is 0 Å². The number of hydrogen-bond donors (Lipinski definition) is 1. The van der Waals surface area contributed by atoms with Gasteiger partial charge in [-0.25, -0.2) is 4.79 Å². The Balaban J connectivity index is 1.82. The number of esters is 2. The molecule has 3 rings (SSSR count). The first-order valence-corrected chi connectivity index (χ1v) is 7.74. The maximum absolute atomic E-state index is 12.9. The standard InChI is InChI=1S/C15H21NO6/c1-21-14(19)10-3-2-4-16(10)13(18)11-9-5-8(6-17)12(11)15(20)22-7-9/h8-12,17H,2-7H2,1H3/t8-,9+,10+,11-,12+/m1/s1. The highest BCUT2D eigenvalue weighted by Crippen LogP contribution is 2.47. The zero-order chi connectivity index (χ0) is 15.9. The van der Waals surface area contributed by atoms with Crippen LogP contribution in [0.3, 0.4) is 0 Å². The Morgan fingerprint density at radius 1 is 1.45 bits per heavy atom. The zero-order valence-corrected chi connectivity index (χ0v) is 12.6. The molecule has 7 nitrogen and oxygen atoms in total. The van der Waals surface area contributed by atoms with E-state index in [4.69, 9.17) is 9.47 Å². The van der Waals surface area contributed by atoms with Gasteiger partial charge in [-0.05, 0) is 25.2 Å². The summed E-state index contributed by atoms with van der Waals surface area (Å²) in [6.07, 6.45) is 1.95. The minimum Gasteiger partial charge on any atom is -0.467 e. The van der Waals surface area contributed by atoms with Crippen molar-refractivity contribution in [1.29, 1.82) is 0 Å². The van der Waals surface area contributed by atoms with Crippen LogP contribution in [0.2, 0.25) is 0 Å². The van der Waals surface area contributed by atoms with Gasteiger partial charge in [0.25, 0.3) is 0 Å². The normalized spacial score (nSPS) is 37.1. The molecule has 0 spiro atoms. The molecule has 0 aromatic rings. The number of likely N-dealkylation sites (tertiary alicyclic amines) is 1. The van der Waals surface area contributed by atoms with Gasteiger partial charge in [-0.3, -0.25) is 9.59 Å². The van der Waals surface area contributed by atoms with Crippen molar-refractivity contribution in [2.45, 2.75) is 25.3 Å². The Labute approximate surface area is 128 Å². The summed E-state index contributed by atoms with van der Waals surface area (Å²) in [6, 6.07) is -0.553. The third-order valence-corrected chi connectivity index (χ3v) is 5.25. The number of ether oxygens (including phenoxy) is 2. The number of aliphatic hydroxyl groups excluding tert-OH is 1. The van der Waals surface area contributed by atoms with Gasteiger partial charge >= 0.3 is 11.9 Å². The molecule has 7 heteroatoms. The number of methoxy groups -OCH3 is 1. The lowest BCUT2D eigenvalue weighted by molar-refractivity contribution is -0.166. The van der Waals surface area contributed by atoms with E-state index in [1.54, 1.807) is 4.90 Å². The van der Waals surface area contributed by atoms with Crippen LogP contribution in [-0.2, 0) is 23.9 Å². The lowest BCUT2D eigenvalue weighted by atomic mass is 9.84. The summed E-state index contributed by atoms with van der Waals surface area (Å²) in [4.78, 5) is 38.3. The van der Waals surface area contributed by atoms with Crippen LogP contribution in [0.1, 0.15) is 19.3 Å². The second-order valence-electron chi connectivity index (χ2n) is 6.33. The van der Waals surface area contributed by atoms with Crippen molar-refractivity contribution in [3.05, 3.63) is 0 Å². The number of nitrogens with zero attached hydrogens (tertiary/aromatic N) is 1. The van der Waals surface area contributed by atoms with Crippen molar-refractivity contribution in [1.82, 2.24) is 4.90 Å². The molecule has 0 unspecified atom stereocenters. The molecule has 2 bridgehead atoms. The first kappa shape index (κ1) is 15.3. The fraction of sp³-hybridized carbons (Fsp3) is 0.800. The van der Waals surface area contributed by atoms with Gasteiger partial charge in [0.05, 0.1) is 25.6 Å². The van der Waals surface area contributed by atoms with E-state index in [-0.39, 0.29) is 31.0 Å². The van der Waals surface area contributed by atoms with Crippen molar-refractivity contribution >= 4 is 17.8 Å². The molecular weight excluding hydrogens is 290 g/mol. The molecule has 1 N–H and O–H groups in total. The highest BCUT2D eigenvalue weighted by atomic mass is 16.5. The Hall–Kier alpha value is -1.63. The van der Waals surface area contributed by atoms with Crippen LogP contribution in [0.15, 0.2) is 0 Å². The molecule has 3 fully saturated rings. The number of carbonyl (C=O) groups is 3. The quantitative estimate of drug-likeness (QED) is 0.711. The molecule has 2 saturated heterocycles. The maximum atomic E-state index is 12.9. The summed E-state index contributed by atoms with van der Waals surface area (Å²) in [7, 11) is 1.31. The van der Waals surface area contributed by atoms with Gasteiger partial charge < -0.3 is 19.5 Å². The van der Waals surface area contributed by atoms with Crippen molar-refractivity contribution in [2.24, 2.45) is 23.7 Å². The minimum atomic E-state index is -0.588. The molecule has 3 aliphatic rings. The van der Waals surface area contributed by atoms with E-state index in [9.17, 15) is 19.5 Å².